The third-order valence-electron chi connectivity index (χ3n) is 2.63. The fourth-order valence-corrected chi connectivity index (χ4v) is 1.85. The number of nitrogens with one attached hydrogen (secondary N) is 1. The van der Waals surface area contributed by atoms with E-state index in [1.807, 2.05) is 20.8 Å². The zero-order valence-corrected chi connectivity index (χ0v) is 8.81. The fourth-order valence-electron chi connectivity index (χ4n) is 1.85. The number of carbonyl (C=O) groups is 1. The monoisotopic (exact) mass is 184 g/mol. The Balaban J connectivity index is 2.73. The van der Waals surface area contributed by atoms with Gasteiger partial charge in [-0.15, -0.1) is 0 Å². The molecule has 1 aliphatic heterocycles. The molecule has 3 N–H and O–H groups in total. The lowest BCUT2D eigenvalue weighted by Gasteiger charge is -2.37. The molecule has 0 radical (unpaired) electrons. The first kappa shape index (κ1) is 10.7. The van der Waals surface area contributed by atoms with Gasteiger partial charge in [0.15, 0.2) is 5.78 Å². The Morgan fingerprint density at radius 3 is 2.15 bits per heavy atom. The van der Waals surface area contributed by atoms with Crippen LogP contribution in [0.25, 0.3) is 0 Å². The van der Waals surface area contributed by atoms with Gasteiger partial charge in [-0.1, -0.05) is 20.8 Å². The van der Waals surface area contributed by atoms with E-state index in [-0.39, 0.29) is 11.2 Å². The average Bonchev–Trinajstić information content (AvgIpc) is 2.03. The number of rotatable bonds is 1. The van der Waals surface area contributed by atoms with E-state index >= 15 is 0 Å². The summed E-state index contributed by atoms with van der Waals surface area (Å²) in [5, 5.41) is 3.21. The van der Waals surface area contributed by atoms with E-state index in [2.05, 4.69) is 5.32 Å². The van der Waals surface area contributed by atoms with Crippen molar-refractivity contribution >= 4 is 5.78 Å². The number of carbonyl (C=O) groups excluding carboxylic acids is 1. The molecule has 1 fully saturated rings. The molecule has 1 rings (SSSR count). The van der Waals surface area contributed by atoms with E-state index < -0.39 is 5.54 Å². The Hall–Kier alpha value is -0.410. The Bertz CT molecular complexity index is 199. The lowest BCUT2D eigenvalue weighted by molar-refractivity contribution is -0.132. The summed E-state index contributed by atoms with van der Waals surface area (Å²) in [7, 11) is 0. The smallest absolute Gasteiger partial charge is 0.158 e. The lowest BCUT2D eigenvalue weighted by atomic mass is 9.74. The highest BCUT2D eigenvalue weighted by molar-refractivity contribution is 5.92. The molecular formula is C10H20N2O. The average molecular weight is 184 g/mol. The van der Waals surface area contributed by atoms with Crippen LogP contribution in [0.3, 0.4) is 0 Å². The van der Waals surface area contributed by atoms with Gasteiger partial charge in [-0.25, -0.2) is 0 Å². The van der Waals surface area contributed by atoms with Crippen molar-refractivity contribution in [2.45, 2.75) is 39.2 Å². The highest BCUT2D eigenvalue weighted by Crippen LogP contribution is 2.27. The Kier molecular flexibility index (Phi) is 2.78. The number of nitrogens with two attached hydrogens (primary N) is 1. The van der Waals surface area contributed by atoms with Crippen LogP contribution in [0.2, 0.25) is 0 Å². The summed E-state index contributed by atoms with van der Waals surface area (Å²) in [6.45, 7) is 7.53. The number of hydrogen-bond donors (Lipinski definition) is 2. The maximum Gasteiger partial charge on any atom is 0.158 e. The van der Waals surface area contributed by atoms with Gasteiger partial charge in [0.05, 0.1) is 5.54 Å². The van der Waals surface area contributed by atoms with E-state index in [9.17, 15) is 4.79 Å². The van der Waals surface area contributed by atoms with Crippen molar-refractivity contribution in [1.29, 1.82) is 0 Å². The van der Waals surface area contributed by atoms with Crippen LogP contribution in [0.15, 0.2) is 0 Å². The van der Waals surface area contributed by atoms with Crippen LogP contribution in [-0.2, 0) is 4.79 Å². The summed E-state index contributed by atoms with van der Waals surface area (Å²) in [4.78, 5) is 12.0. The molecular weight excluding hydrogens is 164 g/mol. The zero-order valence-electron chi connectivity index (χ0n) is 8.81. The largest absolute Gasteiger partial charge is 0.319 e. The summed E-state index contributed by atoms with van der Waals surface area (Å²) in [6, 6.07) is 0. The number of ketones is 1. The maximum atomic E-state index is 12.0. The second-order valence-corrected chi connectivity index (χ2v) is 4.99. The topological polar surface area (TPSA) is 55.1 Å². The highest BCUT2D eigenvalue weighted by Gasteiger charge is 2.40. The van der Waals surface area contributed by atoms with Gasteiger partial charge in [0.2, 0.25) is 0 Å². The predicted molar refractivity (Wildman–Crippen MR) is 53.5 cm³/mol. The quantitative estimate of drug-likeness (QED) is 0.630. The first-order chi connectivity index (χ1) is 5.86. The summed E-state index contributed by atoms with van der Waals surface area (Å²) in [5.74, 6) is 0.196. The van der Waals surface area contributed by atoms with Gasteiger partial charge in [0.1, 0.15) is 0 Å². The third-order valence-corrected chi connectivity index (χ3v) is 2.63. The molecule has 3 nitrogen and oxygen atoms in total. The van der Waals surface area contributed by atoms with Gasteiger partial charge in [-0.3, -0.25) is 4.79 Å². The molecule has 0 amide bonds. The van der Waals surface area contributed by atoms with Gasteiger partial charge in [0, 0.05) is 5.41 Å². The minimum Gasteiger partial charge on any atom is -0.319 e. The minimum atomic E-state index is -0.580. The zero-order chi connectivity index (χ0) is 10.1. The Morgan fingerprint density at radius 2 is 1.77 bits per heavy atom. The molecule has 0 aliphatic carbocycles. The standard InChI is InChI=1S/C10H20N2O/c1-9(2,3)8(13)10(11)4-6-12-7-5-10/h12H,4-7,11H2,1-3H3. The van der Waals surface area contributed by atoms with Crippen molar-refractivity contribution < 1.29 is 4.79 Å². The molecule has 0 atom stereocenters. The van der Waals surface area contributed by atoms with Gasteiger partial charge >= 0.3 is 0 Å². The molecule has 0 spiro atoms. The van der Waals surface area contributed by atoms with E-state index in [1.54, 1.807) is 0 Å². The minimum absolute atomic E-state index is 0.196. The highest BCUT2D eigenvalue weighted by atomic mass is 16.1. The van der Waals surface area contributed by atoms with Crippen LogP contribution >= 0.6 is 0 Å². The normalized spacial score (nSPS) is 22.8. The Labute approximate surface area is 80.1 Å². The molecule has 0 saturated carbocycles. The molecule has 0 bridgehead atoms. The van der Waals surface area contributed by atoms with Crippen LogP contribution in [0, 0.1) is 5.41 Å². The first-order valence-corrected chi connectivity index (χ1v) is 4.91. The van der Waals surface area contributed by atoms with Crippen molar-refractivity contribution in [3.05, 3.63) is 0 Å². The SMILES string of the molecule is CC(C)(C)C(=O)C1(N)CCNCC1. The van der Waals surface area contributed by atoms with Gasteiger partial charge in [0.25, 0.3) is 0 Å². The van der Waals surface area contributed by atoms with Crippen molar-refractivity contribution in [3.8, 4) is 0 Å². The summed E-state index contributed by atoms with van der Waals surface area (Å²) in [6.07, 6.45) is 1.53. The third kappa shape index (κ3) is 2.29. The molecule has 0 aromatic rings. The van der Waals surface area contributed by atoms with Crippen LogP contribution < -0.4 is 11.1 Å². The molecule has 0 aromatic carbocycles. The molecule has 1 aliphatic rings. The van der Waals surface area contributed by atoms with E-state index in [0.717, 1.165) is 25.9 Å². The lowest BCUT2D eigenvalue weighted by Crippen LogP contribution is -2.58. The summed E-state index contributed by atoms with van der Waals surface area (Å²) < 4.78 is 0. The molecule has 76 valence electrons. The molecule has 1 heterocycles. The molecule has 3 heteroatoms. The Morgan fingerprint density at radius 1 is 1.31 bits per heavy atom. The van der Waals surface area contributed by atoms with Gasteiger partial charge < -0.3 is 11.1 Å². The van der Waals surface area contributed by atoms with Crippen molar-refractivity contribution in [2.75, 3.05) is 13.1 Å². The number of Topliss-reactive ketones (excluding diaryl/α,β-unsaturated/α-hetero) is 1. The van der Waals surface area contributed by atoms with Crippen LogP contribution in [0.1, 0.15) is 33.6 Å². The predicted octanol–water partition coefficient (Wildman–Crippen LogP) is 0.682. The molecule has 0 unspecified atom stereocenters. The van der Waals surface area contributed by atoms with Gasteiger partial charge in [-0.2, -0.15) is 0 Å². The van der Waals surface area contributed by atoms with Crippen molar-refractivity contribution in [1.82, 2.24) is 5.32 Å². The number of hydrogen-bond acceptors (Lipinski definition) is 3. The van der Waals surface area contributed by atoms with Crippen molar-refractivity contribution in [2.24, 2.45) is 11.1 Å². The number of piperidine rings is 1. The van der Waals surface area contributed by atoms with Crippen LogP contribution in [0.5, 0.6) is 0 Å². The first-order valence-electron chi connectivity index (χ1n) is 4.91. The van der Waals surface area contributed by atoms with Gasteiger partial charge in [-0.05, 0) is 25.9 Å². The molecule has 0 aromatic heterocycles. The van der Waals surface area contributed by atoms with Crippen molar-refractivity contribution in [3.63, 3.8) is 0 Å². The van der Waals surface area contributed by atoms with Crippen LogP contribution in [0.4, 0.5) is 0 Å². The van der Waals surface area contributed by atoms with E-state index in [4.69, 9.17) is 5.73 Å². The maximum absolute atomic E-state index is 12.0. The summed E-state index contributed by atoms with van der Waals surface area (Å²) >= 11 is 0. The second-order valence-electron chi connectivity index (χ2n) is 4.99. The van der Waals surface area contributed by atoms with Crippen LogP contribution in [-0.4, -0.2) is 24.4 Å². The fraction of sp³-hybridized carbons (Fsp3) is 0.900. The second kappa shape index (κ2) is 3.39. The molecule has 1 saturated heterocycles. The van der Waals surface area contributed by atoms with E-state index in [1.165, 1.54) is 0 Å². The summed E-state index contributed by atoms with van der Waals surface area (Å²) in [5.41, 5.74) is 5.21. The van der Waals surface area contributed by atoms with E-state index in [0.29, 0.717) is 0 Å². The molecule has 13 heavy (non-hydrogen) atoms.